The van der Waals surface area contributed by atoms with Crippen LogP contribution in [-0.2, 0) is 4.79 Å². The molecule has 1 fully saturated rings. The lowest BCUT2D eigenvalue weighted by molar-refractivity contribution is -0.117. The van der Waals surface area contributed by atoms with E-state index >= 15 is 0 Å². The number of rotatable bonds is 6. The molecule has 12 heavy (non-hydrogen) atoms. The van der Waals surface area contributed by atoms with Crippen molar-refractivity contribution in [2.24, 2.45) is 17.6 Å². The molecule has 0 heterocycles. The highest BCUT2D eigenvalue weighted by atomic mass is 16.1. The molecule has 70 valence electrons. The van der Waals surface area contributed by atoms with E-state index in [2.05, 4.69) is 12.2 Å². The molecule has 3 heteroatoms. The number of primary amides is 1. The van der Waals surface area contributed by atoms with E-state index in [9.17, 15) is 4.79 Å². The SMILES string of the molecule is CC(CNCCC(N)=O)C1CC1. The van der Waals surface area contributed by atoms with E-state index in [0.717, 1.165) is 24.9 Å². The van der Waals surface area contributed by atoms with E-state index < -0.39 is 0 Å². The fourth-order valence-electron chi connectivity index (χ4n) is 1.37. The van der Waals surface area contributed by atoms with Crippen molar-refractivity contribution in [2.75, 3.05) is 13.1 Å². The third kappa shape index (κ3) is 3.72. The average molecular weight is 170 g/mol. The van der Waals surface area contributed by atoms with Crippen molar-refractivity contribution in [3.63, 3.8) is 0 Å². The lowest BCUT2D eigenvalue weighted by Crippen LogP contribution is -2.26. The summed E-state index contributed by atoms with van der Waals surface area (Å²) in [6.07, 6.45) is 3.23. The van der Waals surface area contributed by atoms with Gasteiger partial charge in [0.05, 0.1) is 0 Å². The van der Waals surface area contributed by atoms with Crippen LogP contribution < -0.4 is 11.1 Å². The van der Waals surface area contributed by atoms with Crippen LogP contribution in [0.5, 0.6) is 0 Å². The molecule has 1 unspecified atom stereocenters. The van der Waals surface area contributed by atoms with Gasteiger partial charge in [0.25, 0.3) is 0 Å². The molecule has 1 atom stereocenters. The van der Waals surface area contributed by atoms with Crippen LogP contribution in [0.15, 0.2) is 0 Å². The molecule has 0 aromatic heterocycles. The minimum atomic E-state index is -0.221. The fraction of sp³-hybridized carbons (Fsp3) is 0.889. The van der Waals surface area contributed by atoms with Gasteiger partial charge in [0.15, 0.2) is 0 Å². The normalized spacial score (nSPS) is 19.1. The van der Waals surface area contributed by atoms with Gasteiger partial charge in [0.2, 0.25) is 5.91 Å². The molecular formula is C9H18N2O. The standard InChI is InChI=1S/C9H18N2O/c1-7(8-2-3-8)6-11-5-4-9(10)12/h7-8,11H,2-6H2,1H3,(H2,10,12). The Bertz CT molecular complexity index is 155. The van der Waals surface area contributed by atoms with Gasteiger partial charge in [-0.25, -0.2) is 0 Å². The topological polar surface area (TPSA) is 55.1 Å². The Balaban J connectivity index is 1.90. The summed E-state index contributed by atoms with van der Waals surface area (Å²) < 4.78 is 0. The third-order valence-corrected chi connectivity index (χ3v) is 2.44. The first-order chi connectivity index (χ1) is 5.70. The zero-order chi connectivity index (χ0) is 8.97. The number of hydrogen-bond acceptors (Lipinski definition) is 2. The van der Waals surface area contributed by atoms with Crippen molar-refractivity contribution in [3.8, 4) is 0 Å². The summed E-state index contributed by atoms with van der Waals surface area (Å²) in [5, 5.41) is 3.24. The predicted molar refractivity (Wildman–Crippen MR) is 48.6 cm³/mol. The van der Waals surface area contributed by atoms with Gasteiger partial charge in [-0.15, -0.1) is 0 Å². The molecule has 0 saturated heterocycles. The second-order valence-electron chi connectivity index (χ2n) is 3.74. The highest BCUT2D eigenvalue weighted by Crippen LogP contribution is 2.35. The van der Waals surface area contributed by atoms with Crippen molar-refractivity contribution >= 4 is 5.91 Å². The zero-order valence-electron chi connectivity index (χ0n) is 7.68. The third-order valence-electron chi connectivity index (χ3n) is 2.44. The Morgan fingerprint density at radius 1 is 1.67 bits per heavy atom. The molecule has 0 radical (unpaired) electrons. The summed E-state index contributed by atoms with van der Waals surface area (Å²) in [5.41, 5.74) is 5.00. The van der Waals surface area contributed by atoms with E-state index in [1.54, 1.807) is 0 Å². The summed E-state index contributed by atoms with van der Waals surface area (Å²) in [7, 11) is 0. The summed E-state index contributed by atoms with van der Waals surface area (Å²) in [6.45, 7) is 4.01. The maximum Gasteiger partial charge on any atom is 0.218 e. The highest BCUT2D eigenvalue weighted by molar-refractivity contribution is 5.73. The predicted octanol–water partition coefficient (Wildman–Crippen LogP) is 0.497. The molecule has 0 bridgehead atoms. The van der Waals surface area contributed by atoms with Crippen LogP contribution in [0, 0.1) is 11.8 Å². The molecule has 0 aliphatic heterocycles. The second-order valence-corrected chi connectivity index (χ2v) is 3.74. The molecule has 1 rings (SSSR count). The van der Waals surface area contributed by atoms with E-state index in [1.807, 2.05) is 0 Å². The molecular weight excluding hydrogens is 152 g/mol. The summed E-state index contributed by atoms with van der Waals surface area (Å²) in [4.78, 5) is 10.4. The Morgan fingerprint density at radius 3 is 2.83 bits per heavy atom. The Kier molecular flexibility index (Phi) is 3.53. The minimum Gasteiger partial charge on any atom is -0.370 e. The maximum atomic E-state index is 10.4. The van der Waals surface area contributed by atoms with E-state index in [1.165, 1.54) is 12.8 Å². The van der Waals surface area contributed by atoms with E-state index in [4.69, 9.17) is 5.73 Å². The lowest BCUT2D eigenvalue weighted by atomic mass is 10.1. The number of hydrogen-bond donors (Lipinski definition) is 2. The molecule has 0 spiro atoms. The smallest absolute Gasteiger partial charge is 0.218 e. The number of nitrogens with two attached hydrogens (primary N) is 1. The molecule has 0 aromatic carbocycles. The first-order valence-electron chi connectivity index (χ1n) is 4.69. The van der Waals surface area contributed by atoms with Crippen LogP contribution in [0.3, 0.4) is 0 Å². The van der Waals surface area contributed by atoms with Crippen LogP contribution in [0.4, 0.5) is 0 Å². The summed E-state index contributed by atoms with van der Waals surface area (Å²) in [5.74, 6) is 1.48. The molecule has 0 aromatic rings. The maximum absolute atomic E-state index is 10.4. The van der Waals surface area contributed by atoms with Crippen LogP contribution in [-0.4, -0.2) is 19.0 Å². The van der Waals surface area contributed by atoms with Crippen molar-refractivity contribution in [3.05, 3.63) is 0 Å². The summed E-state index contributed by atoms with van der Waals surface area (Å²) in [6, 6.07) is 0. The number of carbonyl (C=O) groups excluding carboxylic acids is 1. The van der Waals surface area contributed by atoms with Gasteiger partial charge in [-0.1, -0.05) is 6.92 Å². The fourth-order valence-corrected chi connectivity index (χ4v) is 1.37. The van der Waals surface area contributed by atoms with E-state index in [-0.39, 0.29) is 5.91 Å². The van der Waals surface area contributed by atoms with Gasteiger partial charge in [-0.05, 0) is 31.2 Å². The molecule has 3 N–H and O–H groups in total. The number of amides is 1. The average Bonchev–Trinajstić information content (AvgIpc) is 2.79. The van der Waals surface area contributed by atoms with Crippen molar-refractivity contribution in [2.45, 2.75) is 26.2 Å². The van der Waals surface area contributed by atoms with Crippen LogP contribution in [0.25, 0.3) is 0 Å². The van der Waals surface area contributed by atoms with Gasteiger partial charge in [0.1, 0.15) is 0 Å². The van der Waals surface area contributed by atoms with Gasteiger partial charge >= 0.3 is 0 Å². The van der Waals surface area contributed by atoms with Gasteiger partial charge < -0.3 is 11.1 Å². The van der Waals surface area contributed by atoms with Crippen LogP contribution in [0.2, 0.25) is 0 Å². The lowest BCUT2D eigenvalue weighted by Gasteiger charge is -2.09. The highest BCUT2D eigenvalue weighted by Gasteiger charge is 2.27. The van der Waals surface area contributed by atoms with Crippen LogP contribution >= 0.6 is 0 Å². The van der Waals surface area contributed by atoms with Crippen molar-refractivity contribution < 1.29 is 4.79 Å². The second kappa shape index (κ2) is 4.45. The van der Waals surface area contributed by atoms with Crippen molar-refractivity contribution in [1.82, 2.24) is 5.32 Å². The number of carbonyl (C=O) groups is 1. The monoisotopic (exact) mass is 170 g/mol. The molecule has 1 amide bonds. The molecule has 1 aliphatic carbocycles. The first kappa shape index (κ1) is 9.52. The Morgan fingerprint density at radius 2 is 2.33 bits per heavy atom. The van der Waals surface area contributed by atoms with Crippen molar-refractivity contribution in [1.29, 1.82) is 0 Å². The quantitative estimate of drug-likeness (QED) is 0.570. The Labute approximate surface area is 73.7 Å². The molecule has 1 aliphatic rings. The number of nitrogens with one attached hydrogen (secondary N) is 1. The first-order valence-corrected chi connectivity index (χ1v) is 4.69. The zero-order valence-corrected chi connectivity index (χ0v) is 7.68. The van der Waals surface area contributed by atoms with Gasteiger partial charge in [-0.2, -0.15) is 0 Å². The molecule has 1 saturated carbocycles. The van der Waals surface area contributed by atoms with Gasteiger partial charge in [-0.3, -0.25) is 4.79 Å². The van der Waals surface area contributed by atoms with E-state index in [0.29, 0.717) is 6.42 Å². The Hall–Kier alpha value is -0.570. The minimum absolute atomic E-state index is 0.221. The van der Waals surface area contributed by atoms with Gasteiger partial charge in [0, 0.05) is 13.0 Å². The molecule has 3 nitrogen and oxygen atoms in total. The summed E-state index contributed by atoms with van der Waals surface area (Å²) >= 11 is 0. The largest absolute Gasteiger partial charge is 0.370 e. The van der Waals surface area contributed by atoms with Crippen LogP contribution in [0.1, 0.15) is 26.2 Å².